The molecule has 0 atom stereocenters. The van der Waals surface area contributed by atoms with Gasteiger partial charge in [0.1, 0.15) is 23.2 Å². The third-order valence-electron chi connectivity index (χ3n) is 3.86. The summed E-state index contributed by atoms with van der Waals surface area (Å²) in [4.78, 5) is 16.7. The first-order valence-corrected chi connectivity index (χ1v) is 9.87. The van der Waals surface area contributed by atoms with Crippen molar-refractivity contribution in [2.45, 2.75) is 20.0 Å². The SMILES string of the molecule is CCOc1ccc(NC(=O)Cc2csc(COc3ccc(F)cc3)n2)cc1OC. The third kappa shape index (κ3) is 5.92. The highest BCUT2D eigenvalue weighted by Crippen LogP contribution is 2.30. The number of hydrogen-bond acceptors (Lipinski definition) is 6. The van der Waals surface area contributed by atoms with Crippen LogP contribution < -0.4 is 19.5 Å². The molecule has 0 saturated heterocycles. The van der Waals surface area contributed by atoms with E-state index in [1.807, 2.05) is 12.3 Å². The average molecular weight is 416 g/mol. The number of carbonyl (C=O) groups excluding carboxylic acids is 1. The summed E-state index contributed by atoms with van der Waals surface area (Å²) in [5, 5.41) is 5.39. The molecule has 3 aromatic rings. The van der Waals surface area contributed by atoms with Crippen LogP contribution in [0.15, 0.2) is 47.8 Å². The van der Waals surface area contributed by atoms with Crippen molar-refractivity contribution in [3.63, 3.8) is 0 Å². The Kier molecular flexibility index (Phi) is 7.02. The molecule has 0 aliphatic rings. The van der Waals surface area contributed by atoms with E-state index in [2.05, 4.69) is 10.3 Å². The van der Waals surface area contributed by atoms with E-state index >= 15 is 0 Å². The molecule has 2 aromatic carbocycles. The zero-order valence-electron chi connectivity index (χ0n) is 16.1. The standard InChI is InChI=1S/C21H21FN2O4S/c1-3-27-18-9-6-15(10-19(18)26-2)23-20(25)11-16-13-29-21(24-16)12-28-17-7-4-14(22)5-8-17/h4-10,13H,3,11-12H2,1-2H3,(H,23,25). The molecule has 0 radical (unpaired) electrons. The number of benzene rings is 2. The number of nitrogens with zero attached hydrogens (tertiary/aromatic N) is 1. The molecule has 0 bridgehead atoms. The van der Waals surface area contributed by atoms with Crippen LogP contribution in [0.25, 0.3) is 0 Å². The number of anilines is 1. The van der Waals surface area contributed by atoms with E-state index in [0.717, 1.165) is 5.01 Å². The van der Waals surface area contributed by atoms with E-state index in [9.17, 15) is 9.18 Å². The predicted molar refractivity (Wildman–Crippen MR) is 109 cm³/mol. The smallest absolute Gasteiger partial charge is 0.230 e. The summed E-state index contributed by atoms with van der Waals surface area (Å²) in [5.74, 6) is 1.24. The number of amides is 1. The number of thiazole rings is 1. The monoisotopic (exact) mass is 416 g/mol. The topological polar surface area (TPSA) is 69.7 Å². The highest BCUT2D eigenvalue weighted by atomic mass is 32.1. The normalized spacial score (nSPS) is 10.4. The Labute approximate surface area is 172 Å². The van der Waals surface area contributed by atoms with Crippen LogP contribution in [-0.4, -0.2) is 24.6 Å². The van der Waals surface area contributed by atoms with Gasteiger partial charge in [0.05, 0.1) is 25.8 Å². The van der Waals surface area contributed by atoms with Crippen molar-refractivity contribution in [2.24, 2.45) is 0 Å². The number of rotatable bonds is 9. The minimum Gasteiger partial charge on any atom is -0.493 e. The Bertz CT molecular complexity index is 960. The molecule has 0 spiro atoms. The number of carbonyl (C=O) groups is 1. The minimum absolute atomic E-state index is 0.141. The molecule has 6 nitrogen and oxygen atoms in total. The Balaban J connectivity index is 1.54. The second-order valence-electron chi connectivity index (χ2n) is 6.00. The number of methoxy groups -OCH3 is 1. The predicted octanol–water partition coefficient (Wildman–Crippen LogP) is 4.45. The van der Waals surface area contributed by atoms with Crippen LogP contribution in [0.4, 0.5) is 10.1 Å². The number of hydrogen-bond donors (Lipinski definition) is 1. The Hall–Kier alpha value is -3.13. The Morgan fingerprint density at radius 2 is 1.93 bits per heavy atom. The first-order chi connectivity index (χ1) is 14.1. The van der Waals surface area contributed by atoms with Gasteiger partial charge in [-0.2, -0.15) is 0 Å². The summed E-state index contributed by atoms with van der Waals surface area (Å²) in [6.45, 7) is 2.68. The molecule has 1 amide bonds. The molecular formula is C21H21FN2O4S. The van der Waals surface area contributed by atoms with Crippen molar-refractivity contribution in [1.29, 1.82) is 0 Å². The highest BCUT2D eigenvalue weighted by Gasteiger charge is 2.11. The molecule has 3 rings (SSSR count). The van der Waals surface area contributed by atoms with Gasteiger partial charge in [-0.25, -0.2) is 9.37 Å². The summed E-state index contributed by atoms with van der Waals surface area (Å²) in [7, 11) is 1.55. The quantitative estimate of drug-likeness (QED) is 0.558. The summed E-state index contributed by atoms with van der Waals surface area (Å²) in [6, 6.07) is 11.0. The van der Waals surface area contributed by atoms with Crippen molar-refractivity contribution in [3.05, 3.63) is 64.4 Å². The fourth-order valence-corrected chi connectivity index (χ4v) is 3.27. The van der Waals surface area contributed by atoms with Gasteiger partial charge in [-0.05, 0) is 43.3 Å². The second kappa shape index (κ2) is 9.88. The number of aromatic nitrogens is 1. The van der Waals surface area contributed by atoms with Crippen molar-refractivity contribution < 1.29 is 23.4 Å². The Morgan fingerprint density at radius 1 is 1.14 bits per heavy atom. The van der Waals surface area contributed by atoms with Crippen LogP contribution in [0.1, 0.15) is 17.6 Å². The van der Waals surface area contributed by atoms with Crippen LogP contribution in [0.2, 0.25) is 0 Å². The molecule has 1 N–H and O–H groups in total. The average Bonchev–Trinajstić information content (AvgIpc) is 3.16. The van der Waals surface area contributed by atoms with Crippen molar-refractivity contribution >= 4 is 22.9 Å². The molecule has 29 heavy (non-hydrogen) atoms. The maximum absolute atomic E-state index is 12.9. The fraction of sp³-hybridized carbons (Fsp3) is 0.238. The minimum atomic E-state index is -0.315. The highest BCUT2D eigenvalue weighted by molar-refractivity contribution is 7.09. The van der Waals surface area contributed by atoms with Gasteiger partial charge in [-0.15, -0.1) is 11.3 Å². The van der Waals surface area contributed by atoms with E-state index in [4.69, 9.17) is 14.2 Å². The summed E-state index contributed by atoms with van der Waals surface area (Å²) >= 11 is 1.41. The van der Waals surface area contributed by atoms with Gasteiger partial charge in [0.25, 0.3) is 0 Å². The molecule has 0 saturated carbocycles. The van der Waals surface area contributed by atoms with Gasteiger partial charge in [0, 0.05) is 17.1 Å². The zero-order valence-corrected chi connectivity index (χ0v) is 16.9. The lowest BCUT2D eigenvalue weighted by Gasteiger charge is -2.11. The lowest BCUT2D eigenvalue weighted by Crippen LogP contribution is -2.14. The van der Waals surface area contributed by atoms with Crippen LogP contribution in [-0.2, 0) is 17.8 Å². The van der Waals surface area contributed by atoms with E-state index in [1.165, 1.54) is 23.5 Å². The van der Waals surface area contributed by atoms with Crippen LogP contribution in [0, 0.1) is 5.82 Å². The summed E-state index contributed by atoms with van der Waals surface area (Å²) < 4.78 is 29.2. The molecule has 1 heterocycles. The van der Waals surface area contributed by atoms with Gasteiger partial charge in [-0.3, -0.25) is 4.79 Å². The lowest BCUT2D eigenvalue weighted by atomic mass is 10.2. The van der Waals surface area contributed by atoms with Gasteiger partial charge >= 0.3 is 0 Å². The van der Waals surface area contributed by atoms with Crippen molar-refractivity contribution in [2.75, 3.05) is 19.0 Å². The van der Waals surface area contributed by atoms with Crippen molar-refractivity contribution in [1.82, 2.24) is 4.98 Å². The third-order valence-corrected chi connectivity index (χ3v) is 4.74. The molecule has 0 fully saturated rings. The molecule has 0 aliphatic carbocycles. The maximum atomic E-state index is 12.9. The molecule has 0 aliphatic heterocycles. The largest absolute Gasteiger partial charge is 0.493 e. The lowest BCUT2D eigenvalue weighted by molar-refractivity contribution is -0.115. The molecule has 152 valence electrons. The van der Waals surface area contributed by atoms with Crippen LogP contribution in [0.3, 0.4) is 0 Å². The second-order valence-corrected chi connectivity index (χ2v) is 6.94. The van der Waals surface area contributed by atoms with Gasteiger partial charge in [0.2, 0.25) is 5.91 Å². The maximum Gasteiger partial charge on any atom is 0.230 e. The molecule has 0 unspecified atom stereocenters. The Morgan fingerprint density at radius 3 is 2.66 bits per heavy atom. The van der Waals surface area contributed by atoms with E-state index in [-0.39, 0.29) is 24.8 Å². The molecule has 8 heteroatoms. The summed E-state index contributed by atoms with van der Waals surface area (Å²) in [5.41, 5.74) is 1.27. The van der Waals surface area contributed by atoms with E-state index < -0.39 is 0 Å². The van der Waals surface area contributed by atoms with Gasteiger partial charge in [0.15, 0.2) is 11.5 Å². The van der Waals surface area contributed by atoms with Gasteiger partial charge < -0.3 is 19.5 Å². The van der Waals surface area contributed by atoms with Crippen LogP contribution >= 0.6 is 11.3 Å². The van der Waals surface area contributed by atoms with Crippen LogP contribution in [0.5, 0.6) is 17.2 Å². The molecule has 1 aromatic heterocycles. The first-order valence-electron chi connectivity index (χ1n) is 8.99. The summed E-state index contributed by atoms with van der Waals surface area (Å²) in [6.07, 6.45) is 0.141. The van der Waals surface area contributed by atoms with Crippen molar-refractivity contribution in [3.8, 4) is 17.2 Å². The first kappa shape index (κ1) is 20.6. The number of halogens is 1. The molecular weight excluding hydrogens is 395 g/mol. The van der Waals surface area contributed by atoms with E-state index in [1.54, 1.807) is 37.4 Å². The fourth-order valence-electron chi connectivity index (χ4n) is 2.56. The van der Waals surface area contributed by atoms with E-state index in [0.29, 0.717) is 35.2 Å². The van der Waals surface area contributed by atoms with Gasteiger partial charge in [-0.1, -0.05) is 0 Å². The number of nitrogens with one attached hydrogen (secondary N) is 1. The zero-order chi connectivity index (χ0) is 20.6. The number of ether oxygens (including phenoxy) is 3.